The molecule has 7 aromatic rings. The Hall–Kier alpha value is -4.27. The van der Waals surface area contributed by atoms with Crippen LogP contribution in [0.4, 0.5) is 0 Å². The molecule has 0 saturated heterocycles. The van der Waals surface area contributed by atoms with Crippen molar-refractivity contribution >= 4 is 43.1 Å². The van der Waals surface area contributed by atoms with Gasteiger partial charge < -0.3 is 0 Å². The molecular formula is C33H21NS. The molecule has 0 aliphatic carbocycles. The number of nitrogens with zero attached hydrogens (tertiary/aromatic N) is 1. The predicted octanol–water partition coefficient (Wildman–Crippen LogP) is 9.60. The second-order valence-electron chi connectivity index (χ2n) is 8.91. The highest BCUT2D eigenvalue weighted by molar-refractivity contribution is 7.21. The van der Waals surface area contributed by atoms with Gasteiger partial charge in [0.2, 0.25) is 0 Å². The second kappa shape index (κ2) is 8.19. The molecule has 0 fully saturated rings. The van der Waals surface area contributed by atoms with Crippen LogP contribution < -0.4 is 0 Å². The Labute approximate surface area is 208 Å². The number of aromatic nitrogens is 1. The summed E-state index contributed by atoms with van der Waals surface area (Å²) in [5.74, 6) is 0. The van der Waals surface area contributed by atoms with Crippen LogP contribution in [0.3, 0.4) is 0 Å². The minimum atomic E-state index is 1.05. The lowest BCUT2D eigenvalue weighted by Crippen LogP contribution is -1.82. The fourth-order valence-corrected chi connectivity index (χ4v) is 5.79. The summed E-state index contributed by atoms with van der Waals surface area (Å²) < 4.78 is 1.21. The van der Waals surface area contributed by atoms with E-state index in [0.29, 0.717) is 0 Å². The lowest BCUT2D eigenvalue weighted by Gasteiger charge is -2.07. The largest absolute Gasteiger partial charge is 0.236 e. The number of hydrogen-bond acceptors (Lipinski definition) is 2. The summed E-state index contributed by atoms with van der Waals surface area (Å²) in [5.41, 5.74) is 7.12. The zero-order valence-corrected chi connectivity index (χ0v) is 19.8. The molecule has 0 radical (unpaired) electrons. The van der Waals surface area contributed by atoms with Crippen LogP contribution >= 0.6 is 11.3 Å². The van der Waals surface area contributed by atoms with E-state index in [-0.39, 0.29) is 0 Å². The van der Waals surface area contributed by atoms with E-state index in [1.807, 2.05) is 0 Å². The van der Waals surface area contributed by atoms with E-state index in [9.17, 15) is 0 Å². The first-order chi connectivity index (χ1) is 17.3. The molecule has 0 unspecified atom stereocenters. The highest BCUT2D eigenvalue weighted by Gasteiger charge is 2.09. The topological polar surface area (TPSA) is 12.9 Å². The molecule has 0 aliphatic heterocycles. The van der Waals surface area contributed by atoms with Crippen molar-refractivity contribution in [2.45, 2.75) is 0 Å². The fraction of sp³-hybridized carbons (Fsp3) is 0. The Balaban J connectivity index is 1.22. The molecule has 1 aromatic heterocycles. The molecule has 0 bridgehead atoms. The van der Waals surface area contributed by atoms with Crippen LogP contribution in [0, 0.1) is 0 Å². The van der Waals surface area contributed by atoms with Gasteiger partial charge in [-0.3, -0.25) is 0 Å². The van der Waals surface area contributed by atoms with Gasteiger partial charge in [0.1, 0.15) is 5.01 Å². The molecule has 0 saturated carbocycles. The average Bonchev–Trinajstić information content (AvgIpc) is 3.36. The molecule has 164 valence electrons. The zero-order chi connectivity index (χ0) is 23.2. The predicted molar refractivity (Wildman–Crippen MR) is 151 cm³/mol. The van der Waals surface area contributed by atoms with Gasteiger partial charge in [-0.2, -0.15) is 0 Å². The van der Waals surface area contributed by atoms with Gasteiger partial charge in [0.15, 0.2) is 0 Å². The molecule has 0 spiro atoms. The van der Waals surface area contributed by atoms with Crippen molar-refractivity contribution in [1.82, 2.24) is 4.98 Å². The van der Waals surface area contributed by atoms with Gasteiger partial charge >= 0.3 is 0 Å². The summed E-state index contributed by atoms with van der Waals surface area (Å²) in [6.07, 6.45) is 0. The van der Waals surface area contributed by atoms with E-state index in [1.165, 1.54) is 48.5 Å². The first-order valence-corrected chi connectivity index (χ1v) is 12.6. The van der Waals surface area contributed by atoms with Crippen molar-refractivity contribution < 1.29 is 0 Å². The van der Waals surface area contributed by atoms with Crippen LogP contribution in [-0.4, -0.2) is 4.98 Å². The van der Waals surface area contributed by atoms with Gasteiger partial charge in [-0.25, -0.2) is 4.98 Å². The Morgan fingerprint density at radius 3 is 1.77 bits per heavy atom. The van der Waals surface area contributed by atoms with E-state index in [2.05, 4.69) is 127 Å². The average molecular weight is 464 g/mol. The molecule has 6 aromatic carbocycles. The molecule has 0 N–H and O–H groups in total. The molecule has 0 atom stereocenters. The summed E-state index contributed by atoms with van der Waals surface area (Å²) in [4.78, 5) is 4.91. The Morgan fingerprint density at radius 1 is 0.400 bits per heavy atom. The quantitative estimate of drug-likeness (QED) is 0.238. The minimum Gasteiger partial charge on any atom is -0.236 e. The van der Waals surface area contributed by atoms with Crippen molar-refractivity contribution in [1.29, 1.82) is 0 Å². The highest BCUT2D eigenvalue weighted by Crippen LogP contribution is 2.34. The van der Waals surface area contributed by atoms with Gasteiger partial charge in [-0.1, -0.05) is 97.1 Å². The van der Waals surface area contributed by atoms with Crippen molar-refractivity contribution in [2.75, 3.05) is 0 Å². The summed E-state index contributed by atoms with van der Waals surface area (Å²) in [6.45, 7) is 0. The van der Waals surface area contributed by atoms with Crippen molar-refractivity contribution in [3.63, 3.8) is 0 Å². The maximum absolute atomic E-state index is 4.91. The maximum Gasteiger partial charge on any atom is 0.124 e. The van der Waals surface area contributed by atoms with Crippen molar-refractivity contribution in [2.24, 2.45) is 0 Å². The van der Waals surface area contributed by atoms with Crippen LogP contribution in [0.25, 0.3) is 64.6 Å². The van der Waals surface area contributed by atoms with Gasteiger partial charge in [0, 0.05) is 5.56 Å². The van der Waals surface area contributed by atoms with Gasteiger partial charge in [-0.05, 0) is 74.1 Å². The van der Waals surface area contributed by atoms with E-state index in [1.54, 1.807) is 11.3 Å². The van der Waals surface area contributed by atoms with Crippen LogP contribution in [0.15, 0.2) is 127 Å². The van der Waals surface area contributed by atoms with E-state index in [4.69, 9.17) is 4.98 Å². The first kappa shape index (κ1) is 20.1. The lowest BCUT2D eigenvalue weighted by atomic mass is 9.98. The molecule has 0 amide bonds. The third-order valence-corrected chi connectivity index (χ3v) is 7.73. The van der Waals surface area contributed by atoms with E-state index in [0.717, 1.165) is 16.1 Å². The summed E-state index contributed by atoms with van der Waals surface area (Å²) >= 11 is 1.75. The summed E-state index contributed by atoms with van der Waals surface area (Å²) in [5, 5.41) is 6.16. The minimum absolute atomic E-state index is 1.05. The molecule has 7 rings (SSSR count). The standard InChI is InChI=1S/C33H21NS/c1-2-6-22(7-3-1)29-16-17-31-32(21-29)35-33(34-31)24-12-10-23(11-13-24)27-14-15-28-18-25-8-4-5-9-26(25)19-30(28)20-27/h1-21H. The van der Waals surface area contributed by atoms with E-state index < -0.39 is 0 Å². The molecule has 0 aliphatic rings. The molecular weight excluding hydrogens is 442 g/mol. The fourth-order valence-electron chi connectivity index (χ4n) is 4.78. The Bertz CT molecular complexity index is 1830. The first-order valence-electron chi connectivity index (χ1n) is 11.8. The normalized spacial score (nSPS) is 11.4. The Morgan fingerprint density at radius 2 is 0.971 bits per heavy atom. The molecule has 2 heteroatoms. The number of rotatable bonds is 3. The van der Waals surface area contributed by atoms with Gasteiger partial charge in [-0.15, -0.1) is 11.3 Å². The van der Waals surface area contributed by atoms with Crippen molar-refractivity contribution in [3.8, 4) is 32.8 Å². The van der Waals surface area contributed by atoms with E-state index >= 15 is 0 Å². The smallest absolute Gasteiger partial charge is 0.124 e. The van der Waals surface area contributed by atoms with Crippen molar-refractivity contribution in [3.05, 3.63) is 127 Å². The Kier molecular flexibility index (Phi) is 4.71. The molecule has 35 heavy (non-hydrogen) atoms. The highest BCUT2D eigenvalue weighted by atomic mass is 32.1. The summed E-state index contributed by atoms with van der Waals surface area (Å²) in [7, 11) is 0. The third kappa shape index (κ3) is 3.69. The van der Waals surface area contributed by atoms with Crippen LogP contribution in [0.5, 0.6) is 0 Å². The molecule has 1 heterocycles. The number of thiazole rings is 1. The van der Waals surface area contributed by atoms with Crippen LogP contribution in [0.1, 0.15) is 0 Å². The second-order valence-corrected chi connectivity index (χ2v) is 9.94. The summed E-state index contributed by atoms with van der Waals surface area (Å²) in [6, 6.07) is 45.7. The van der Waals surface area contributed by atoms with Crippen LogP contribution in [0.2, 0.25) is 0 Å². The van der Waals surface area contributed by atoms with Gasteiger partial charge in [0.25, 0.3) is 0 Å². The maximum atomic E-state index is 4.91. The number of fused-ring (bicyclic) bond motifs is 3. The number of hydrogen-bond donors (Lipinski definition) is 0. The zero-order valence-electron chi connectivity index (χ0n) is 19.0. The molecule has 1 nitrogen and oxygen atoms in total. The van der Waals surface area contributed by atoms with Gasteiger partial charge in [0.05, 0.1) is 10.2 Å². The third-order valence-electron chi connectivity index (χ3n) is 6.67. The monoisotopic (exact) mass is 463 g/mol. The van der Waals surface area contributed by atoms with Crippen LogP contribution in [-0.2, 0) is 0 Å². The lowest BCUT2D eigenvalue weighted by molar-refractivity contribution is 1.47. The SMILES string of the molecule is c1ccc(-c2ccc3nc(-c4ccc(-c5ccc6cc7ccccc7cc6c5)cc4)sc3c2)cc1. The number of benzene rings is 6.